The average Bonchev–Trinajstić information content (AvgIpc) is 2.48. The number of rotatable bonds is 5. The van der Waals surface area contributed by atoms with Crippen LogP contribution in [-0.4, -0.2) is 35.1 Å². The number of likely N-dealkylation sites (tertiary alicyclic amines) is 1. The second-order valence-corrected chi connectivity index (χ2v) is 8.58. The fraction of sp³-hybridized carbons (Fsp3) is 0.667. The number of benzene rings is 1. The summed E-state index contributed by atoms with van der Waals surface area (Å²) in [6.07, 6.45) is 2.86. The molecule has 1 aliphatic heterocycles. The summed E-state index contributed by atoms with van der Waals surface area (Å²) in [4.78, 5) is 13.7. The molecule has 0 amide bonds. The van der Waals surface area contributed by atoms with Gasteiger partial charge >= 0.3 is 5.97 Å². The van der Waals surface area contributed by atoms with Crippen LogP contribution >= 0.6 is 0 Å². The lowest BCUT2D eigenvalue weighted by Gasteiger charge is -2.38. The molecule has 2 rings (SSSR count). The van der Waals surface area contributed by atoms with Gasteiger partial charge < -0.3 is 5.11 Å². The third kappa shape index (κ3) is 4.83. The lowest BCUT2D eigenvalue weighted by molar-refractivity contribution is -0.145. The van der Waals surface area contributed by atoms with Gasteiger partial charge in [0.05, 0.1) is 5.92 Å². The molecule has 1 unspecified atom stereocenters. The summed E-state index contributed by atoms with van der Waals surface area (Å²) in [6, 6.07) is 9.12. The predicted octanol–water partition coefficient (Wildman–Crippen LogP) is 4.35. The quantitative estimate of drug-likeness (QED) is 0.872. The first kappa shape index (κ1) is 19.0. The van der Waals surface area contributed by atoms with E-state index in [9.17, 15) is 9.90 Å². The summed E-state index contributed by atoms with van der Waals surface area (Å²) in [5.74, 6) is -0.324. The third-order valence-corrected chi connectivity index (χ3v) is 5.39. The molecule has 0 radical (unpaired) electrons. The molecule has 3 nitrogen and oxygen atoms in total. The molecule has 1 fully saturated rings. The number of carbonyl (C=O) groups is 1. The molecular weight excluding hydrogens is 298 g/mol. The van der Waals surface area contributed by atoms with E-state index < -0.39 is 5.97 Å². The van der Waals surface area contributed by atoms with Crippen LogP contribution in [0.25, 0.3) is 0 Å². The van der Waals surface area contributed by atoms with Gasteiger partial charge in [-0.2, -0.15) is 0 Å². The van der Waals surface area contributed by atoms with Crippen molar-refractivity contribution in [2.75, 3.05) is 13.1 Å². The molecule has 1 saturated heterocycles. The molecule has 3 atom stereocenters. The summed E-state index contributed by atoms with van der Waals surface area (Å²) in [6.45, 7) is 13.1. The van der Waals surface area contributed by atoms with Crippen LogP contribution < -0.4 is 0 Å². The van der Waals surface area contributed by atoms with Crippen molar-refractivity contribution in [1.82, 2.24) is 4.90 Å². The van der Waals surface area contributed by atoms with Crippen molar-refractivity contribution < 1.29 is 9.90 Å². The Morgan fingerprint density at radius 1 is 1.29 bits per heavy atom. The highest BCUT2D eigenvalue weighted by Gasteiger charge is 2.33. The van der Waals surface area contributed by atoms with E-state index in [0.717, 1.165) is 32.4 Å². The highest BCUT2D eigenvalue weighted by molar-refractivity contribution is 5.70. The maximum absolute atomic E-state index is 11.4. The summed E-state index contributed by atoms with van der Waals surface area (Å²) >= 11 is 0. The van der Waals surface area contributed by atoms with Crippen LogP contribution in [0.2, 0.25) is 0 Å². The smallest absolute Gasteiger partial charge is 0.308 e. The minimum Gasteiger partial charge on any atom is -0.481 e. The van der Waals surface area contributed by atoms with Crippen LogP contribution in [0.5, 0.6) is 0 Å². The topological polar surface area (TPSA) is 40.5 Å². The van der Waals surface area contributed by atoms with Gasteiger partial charge in [-0.25, -0.2) is 0 Å². The molecule has 1 aliphatic rings. The molecule has 1 aromatic rings. The van der Waals surface area contributed by atoms with E-state index in [0.29, 0.717) is 5.92 Å². The van der Waals surface area contributed by atoms with E-state index in [1.165, 1.54) is 11.1 Å². The summed E-state index contributed by atoms with van der Waals surface area (Å²) in [5.41, 5.74) is 2.93. The van der Waals surface area contributed by atoms with E-state index in [2.05, 4.69) is 63.8 Å². The minimum absolute atomic E-state index is 0.141. The Morgan fingerprint density at radius 2 is 1.92 bits per heavy atom. The molecule has 0 saturated carbocycles. The number of carboxylic acid groups (broad SMARTS) is 1. The lowest BCUT2D eigenvalue weighted by Crippen LogP contribution is -2.47. The largest absolute Gasteiger partial charge is 0.481 e. The zero-order valence-corrected chi connectivity index (χ0v) is 15.9. The minimum atomic E-state index is -0.641. The molecule has 0 bridgehead atoms. The van der Waals surface area contributed by atoms with Gasteiger partial charge in [0.25, 0.3) is 0 Å². The van der Waals surface area contributed by atoms with Crippen molar-refractivity contribution >= 4 is 5.97 Å². The monoisotopic (exact) mass is 331 g/mol. The first-order valence-corrected chi connectivity index (χ1v) is 9.24. The average molecular weight is 332 g/mol. The Hall–Kier alpha value is -1.35. The molecule has 134 valence electrons. The molecular formula is C21H33NO2. The van der Waals surface area contributed by atoms with Crippen molar-refractivity contribution in [2.24, 2.45) is 11.8 Å². The van der Waals surface area contributed by atoms with E-state index >= 15 is 0 Å². The molecule has 1 aromatic carbocycles. The second kappa shape index (κ2) is 7.69. The Kier molecular flexibility index (Phi) is 6.08. The molecule has 1 N–H and O–H groups in total. The highest BCUT2D eigenvalue weighted by Crippen LogP contribution is 2.26. The van der Waals surface area contributed by atoms with Gasteiger partial charge in [0.1, 0.15) is 0 Å². The summed E-state index contributed by atoms with van der Waals surface area (Å²) < 4.78 is 0. The van der Waals surface area contributed by atoms with Crippen molar-refractivity contribution in [1.29, 1.82) is 0 Å². The normalized spacial score (nSPS) is 23.9. The Bertz CT molecular complexity index is 544. The van der Waals surface area contributed by atoms with Gasteiger partial charge in [-0.15, -0.1) is 0 Å². The van der Waals surface area contributed by atoms with Gasteiger partial charge in [0.15, 0.2) is 0 Å². The van der Waals surface area contributed by atoms with Crippen LogP contribution in [-0.2, 0) is 16.6 Å². The van der Waals surface area contributed by atoms with E-state index in [4.69, 9.17) is 0 Å². The van der Waals surface area contributed by atoms with Gasteiger partial charge in [-0.3, -0.25) is 9.69 Å². The fourth-order valence-electron chi connectivity index (χ4n) is 3.81. The van der Waals surface area contributed by atoms with E-state index in [-0.39, 0.29) is 17.4 Å². The third-order valence-electron chi connectivity index (χ3n) is 5.39. The van der Waals surface area contributed by atoms with Gasteiger partial charge in [-0.05, 0) is 55.2 Å². The Morgan fingerprint density at radius 3 is 2.46 bits per heavy atom. The maximum atomic E-state index is 11.4. The molecule has 1 heterocycles. The number of hydrogen-bond donors (Lipinski definition) is 1. The molecule has 24 heavy (non-hydrogen) atoms. The zero-order chi connectivity index (χ0) is 17.9. The van der Waals surface area contributed by atoms with Crippen molar-refractivity contribution in [2.45, 2.75) is 65.3 Å². The van der Waals surface area contributed by atoms with Crippen molar-refractivity contribution in [3.8, 4) is 0 Å². The maximum Gasteiger partial charge on any atom is 0.308 e. The predicted molar refractivity (Wildman–Crippen MR) is 99.4 cm³/mol. The fourth-order valence-corrected chi connectivity index (χ4v) is 3.81. The number of carboxylic acids is 1. The van der Waals surface area contributed by atoms with Crippen LogP contribution in [0.1, 0.15) is 58.6 Å². The van der Waals surface area contributed by atoms with E-state index in [1.54, 1.807) is 0 Å². The number of nitrogens with zero attached hydrogens (tertiary/aromatic N) is 1. The van der Waals surface area contributed by atoms with Crippen LogP contribution in [0.3, 0.4) is 0 Å². The molecule has 0 aromatic heterocycles. The van der Waals surface area contributed by atoms with Crippen LogP contribution in [0, 0.1) is 11.8 Å². The number of hydrogen-bond acceptors (Lipinski definition) is 2. The van der Waals surface area contributed by atoms with Crippen molar-refractivity contribution in [3.63, 3.8) is 0 Å². The van der Waals surface area contributed by atoms with Gasteiger partial charge in [-0.1, -0.05) is 52.0 Å². The van der Waals surface area contributed by atoms with Gasteiger partial charge in [0.2, 0.25) is 0 Å². The molecule has 3 heteroatoms. The molecule has 0 aliphatic carbocycles. The zero-order valence-electron chi connectivity index (χ0n) is 15.9. The first-order valence-electron chi connectivity index (χ1n) is 9.24. The van der Waals surface area contributed by atoms with Gasteiger partial charge in [0, 0.05) is 12.6 Å². The van der Waals surface area contributed by atoms with Crippen LogP contribution in [0.15, 0.2) is 24.3 Å². The standard InChI is InChI=1S/C21H33NO2/c1-15(13-17-8-10-18(11-9-17)21(3,4)5)14-22-12-6-7-19(16(22)2)20(23)24/h8-11,15-16,19H,6-7,12-14H2,1-5H3,(H,23,24)/t15?,16-,19-/m0/s1. The Balaban J connectivity index is 1.93. The molecule has 0 spiro atoms. The first-order chi connectivity index (χ1) is 11.2. The highest BCUT2D eigenvalue weighted by atomic mass is 16.4. The van der Waals surface area contributed by atoms with Crippen molar-refractivity contribution in [3.05, 3.63) is 35.4 Å². The summed E-state index contributed by atoms with van der Waals surface area (Å²) in [5, 5.41) is 9.36. The van der Waals surface area contributed by atoms with E-state index in [1.807, 2.05) is 0 Å². The summed E-state index contributed by atoms with van der Waals surface area (Å²) in [7, 11) is 0. The number of aliphatic carboxylic acids is 1. The SMILES string of the molecule is CC(Cc1ccc(C(C)(C)C)cc1)CN1CCC[C@H](C(=O)O)[C@@H]1C. The lowest BCUT2D eigenvalue weighted by atomic mass is 9.86. The van der Waals surface area contributed by atoms with Crippen LogP contribution in [0.4, 0.5) is 0 Å². The Labute approximate surface area is 147 Å². The number of piperidine rings is 1. The second-order valence-electron chi connectivity index (χ2n) is 8.58.